The predicted molar refractivity (Wildman–Crippen MR) is 71.7 cm³/mol. The molecule has 2 aliphatic rings. The first-order chi connectivity index (χ1) is 9.32. The van der Waals surface area contributed by atoms with E-state index in [1.807, 2.05) is 0 Å². The van der Waals surface area contributed by atoms with Gasteiger partial charge in [-0.3, -0.25) is 14.4 Å². The van der Waals surface area contributed by atoms with Crippen LogP contribution in [0.1, 0.15) is 36.2 Å². The lowest BCUT2D eigenvalue weighted by Gasteiger charge is -2.15. The fraction of sp³-hybridized carbons (Fsp3) is 0.400. The summed E-state index contributed by atoms with van der Waals surface area (Å²) < 4.78 is 0. The van der Waals surface area contributed by atoms with Gasteiger partial charge in [0, 0.05) is 17.2 Å². The van der Waals surface area contributed by atoms with Gasteiger partial charge in [-0.2, -0.15) is 0 Å². The molecular formula is C15H15NO4. The molecule has 0 spiro atoms. The molecule has 0 aromatic heterocycles. The van der Waals surface area contributed by atoms with E-state index in [9.17, 15) is 14.4 Å². The number of Topliss-reactive ketones (excluding diaryl/α,β-unsaturated/α-hetero) is 1. The number of rotatable bonds is 3. The van der Waals surface area contributed by atoms with Gasteiger partial charge in [0.1, 0.15) is 0 Å². The van der Waals surface area contributed by atoms with E-state index in [1.54, 1.807) is 32.0 Å². The minimum absolute atomic E-state index is 0.0908. The van der Waals surface area contributed by atoms with Crippen molar-refractivity contribution in [2.24, 2.45) is 11.8 Å². The molecular weight excluding hydrogens is 258 g/mol. The number of carbonyl (C=O) groups excluding carboxylic acids is 2. The second kappa shape index (κ2) is 3.91. The Morgan fingerprint density at radius 2 is 2.00 bits per heavy atom. The number of aliphatic carboxylic acids is 1. The Morgan fingerprint density at radius 3 is 2.60 bits per heavy atom. The topological polar surface area (TPSA) is 83.5 Å². The number of fused-ring (bicyclic) bond motifs is 1. The number of carboxylic acid groups (broad SMARTS) is 1. The number of hydrogen-bond donors (Lipinski definition) is 2. The summed E-state index contributed by atoms with van der Waals surface area (Å²) >= 11 is 0. The van der Waals surface area contributed by atoms with Crippen LogP contribution in [0.4, 0.5) is 5.69 Å². The van der Waals surface area contributed by atoms with Gasteiger partial charge in [-0.15, -0.1) is 0 Å². The number of hydrogen-bond acceptors (Lipinski definition) is 3. The van der Waals surface area contributed by atoms with Crippen LogP contribution in [0.3, 0.4) is 0 Å². The highest BCUT2D eigenvalue weighted by Crippen LogP contribution is 2.43. The van der Waals surface area contributed by atoms with Crippen LogP contribution >= 0.6 is 0 Å². The molecule has 1 heterocycles. The first-order valence-electron chi connectivity index (χ1n) is 6.55. The molecule has 0 unspecified atom stereocenters. The molecule has 1 aliphatic heterocycles. The molecule has 2 atom stereocenters. The number of amides is 1. The Bertz CT molecular complexity index is 647. The third-order valence-corrected chi connectivity index (χ3v) is 4.24. The van der Waals surface area contributed by atoms with E-state index in [2.05, 4.69) is 5.32 Å². The molecule has 5 nitrogen and oxygen atoms in total. The van der Waals surface area contributed by atoms with Crippen molar-refractivity contribution in [2.75, 3.05) is 5.32 Å². The monoisotopic (exact) mass is 273 g/mol. The molecule has 2 N–H and O–H groups in total. The maximum atomic E-state index is 12.2. The van der Waals surface area contributed by atoms with E-state index in [0.717, 1.165) is 11.3 Å². The number of nitrogens with one attached hydrogen (secondary N) is 1. The average molecular weight is 273 g/mol. The van der Waals surface area contributed by atoms with Gasteiger partial charge in [0.2, 0.25) is 5.91 Å². The van der Waals surface area contributed by atoms with E-state index in [1.165, 1.54) is 0 Å². The van der Waals surface area contributed by atoms with Gasteiger partial charge in [-0.1, -0.05) is 0 Å². The molecule has 1 amide bonds. The molecule has 5 heteroatoms. The smallest absolute Gasteiger partial charge is 0.307 e. The lowest BCUT2D eigenvalue weighted by Crippen LogP contribution is -2.27. The average Bonchev–Trinajstić information content (AvgIpc) is 3.14. The number of carbonyl (C=O) groups is 3. The summed E-state index contributed by atoms with van der Waals surface area (Å²) in [4.78, 5) is 34.9. The first kappa shape index (κ1) is 12.8. The molecule has 0 saturated heterocycles. The van der Waals surface area contributed by atoms with Gasteiger partial charge in [-0.25, -0.2) is 0 Å². The Labute approximate surface area is 116 Å². The van der Waals surface area contributed by atoms with Crippen LogP contribution in [0, 0.1) is 11.8 Å². The summed E-state index contributed by atoms with van der Waals surface area (Å²) in [5.41, 5.74) is 1.34. The SMILES string of the molecule is CC1(C)C(=O)Nc2ccc(C(=O)[C@H]3C[C@H]3C(=O)O)cc21. The standard InChI is InChI=1S/C15H15NO4/c1-15(2)10-5-7(3-4-11(10)16-14(15)20)12(17)8-6-9(8)13(18)19/h3-5,8-9H,6H2,1-2H3,(H,16,20)(H,18,19)/t8-,9+/m0/s1. The van der Waals surface area contributed by atoms with Crippen molar-refractivity contribution in [1.29, 1.82) is 0 Å². The molecule has 104 valence electrons. The van der Waals surface area contributed by atoms with Crippen molar-refractivity contribution < 1.29 is 19.5 Å². The Hall–Kier alpha value is -2.17. The highest BCUT2D eigenvalue weighted by molar-refractivity contribution is 6.08. The van der Waals surface area contributed by atoms with Gasteiger partial charge < -0.3 is 10.4 Å². The minimum atomic E-state index is -0.915. The Balaban J connectivity index is 1.91. The summed E-state index contributed by atoms with van der Waals surface area (Å²) in [6.07, 6.45) is 0.409. The zero-order valence-electron chi connectivity index (χ0n) is 11.3. The van der Waals surface area contributed by atoms with Gasteiger partial charge in [0.15, 0.2) is 5.78 Å². The summed E-state index contributed by atoms with van der Waals surface area (Å²) in [5, 5.41) is 11.7. The summed E-state index contributed by atoms with van der Waals surface area (Å²) in [6.45, 7) is 3.61. The quantitative estimate of drug-likeness (QED) is 0.823. The van der Waals surface area contributed by atoms with Crippen molar-refractivity contribution >= 4 is 23.3 Å². The van der Waals surface area contributed by atoms with E-state index >= 15 is 0 Å². The minimum Gasteiger partial charge on any atom is -0.481 e. The van der Waals surface area contributed by atoms with Gasteiger partial charge in [0.05, 0.1) is 11.3 Å². The summed E-state index contributed by atoms with van der Waals surface area (Å²) in [7, 11) is 0. The van der Waals surface area contributed by atoms with E-state index in [-0.39, 0.29) is 11.7 Å². The lowest BCUT2D eigenvalue weighted by atomic mass is 9.85. The third kappa shape index (κ3) is 1.73. The molecule has 1 fully saturated rings. The second-order valence-electron chi connectivity index (χ2n) is 5.99. The first-order valence-corrected chi connectivity index (χ1v) is 6.55. The largest absolute Gasteiger partial charge is 0.481 e. The molecule has 1 aromatic carbocycles. The number of anilines is 1. The summed E-state index contributed by atoms with van der Waals surface area (Å²) in [6, 6.07) is 5.08. The Kier molecular flexibility index (Phi) is 2.51. The highest BCUT2D eigenvalue weighted by atomic mass is 16.4. The number of carboxylic acids is 1. The van der Waals surface area contributed by atoms with E-state index in [0.29, 0.717) is 12.0 Å². The van der Waals surface area contributed by atoms with Crippen LogP contribution in [0.15, 0.2) is 18.2 Å². The highest BCUT2D eigenvalue weighted by Gasteiger charge is 2.48. The maximum Gasteiger partial charge on any atom is 0.307 e. The second-order valence-corrected chi connectivity index (χ2v) is 5.99. The van der Waals surface area contributed by atoms with E-state index < -0.39 is 23.2 Å². The zero-order chi connectivity index (χ0) is 14.7. The number of ketones is 1. The lowest BCUT2D eigenvalue weighted by molar-refractivity contribution is -0.138. The van der Waals surface area contributed by atoms with Crippen LogP contribution in [0.2, 0.25) is 0 Å². The molecule has 1 aromatic rings. The zero-order valence-corrected chi connectivity index (χ0v) is 11.3. The van der Waals surface area contributed by atoms with Crippen LogP contribution < -0.4 is 5.32 Å². The normalized spacial score (nSPS) is 25.8. The van der Waals surface area contributed by atoms with Crippen molar-refractivity contribution in [2.45, 2.75) is 25.7 Å². The van der Waals surface area contributed by atoms with Crippen molar-refractivity contribution in [3.8, 4) is 0 Å². The maximum absolute atomic E-state index is 12.2. The fourth-order valence-corrected chi connectivity index (χ4v) is 2.70. The van der Waals surface area contributed by atoms with Crippen LogP contribution in [-0.2, 0) is 15.0 Å². The summed E-state index contributed by atoms with van der Waals surface area (Å²) in [5.74, 6) is -2.12. The van der Waals surface area contributed by atoms with Crippen molar-refractivity contribution in [1.82, 2.24) is 0 Å². The van der Waals surface area contributed by atoms with Gasteiger partial charge in [-0.05, 0) is 44.0 Å². The molecule has 0 radical (unpaired) electrons. The predicted octanol–water partition coefficient (Wildman–Crippen LogP) is 1.82. The van der Waals surface area contributed by atoms with Crippen molar-refractivity contribution in [3.63, 3.8) is 0 Å². The van der Waals surface area contributed by atoms with E-state index in [4.69, 9.17) is 5.11 Å². The molecule has 3 rings (SSSR count). The molecule has 20 heavy (non-hydrogen) atoms. The molecule has 1 saturated carbocycles. The third-order valence-electron chi connectivity index (χ3n) is 4.24. The Morgan fingerprint density at radius 1 is 1.30 bits per heavy atom. The van der Waals surface area contributed by atoms with Gasteiger partial charge in [0.25, 0.3) is 0 Å². The van der Waals surface area contributed by atoms with Crippen LogP contribution in [-0.4, -0.2) is 22.8 Å². The van der Waals surface area contributed by atoms with Crippen LogP contribution in [0.5, 0.6) is 0 Å². The van der Waals surface area contributed by atoms with Crippen LogP contribution in [0.25, 0.3) is 0 Å². The fourth-order valence-electron chi connectivity index (χ4n) is 2.70. The molecule has 0 bridgehead atoms. The van der Waals surface area contributed by atoms with Crippen molar-refractivity contribution in [3.05, 3.63) is 29.3 Å². The number of benzene rings is 1. The molecule has 1 aliphatic carbocycles. The van der Waals surface area contributed by atoms with Gasteiger partial charge >= 0.3 is 5.97 Å².